The fourth-order valence-electron chi connectivity index (χ4n) is 1.78. The summed E-state index contributed by atoms with van der Waals surface area (Å²) < 4.78 is 5.34. The monoisotopic (exact) mass is 266 g/mol. The Labute approximate surface area is 113 Å². The van der Waals surface area contributed by atoms with Crippen LogP contribution in [0.5, 0.6) is 0 Å². The van der Waals surface area contributed by atoms with Crippen molar-refractivity contribution in [3.05, 3.63) is 0 Å². The van der Waals surface area contributed by atoms with Crippen molar-refractivity contribution in [2.45, 2.75) is 25.8 Å². The van der Waals surface area contributed by atoms with Crippen molar-refractivity contribution >= 4 is 17.8 Å². The van der Waals surface area contributed by atoms with Gasteiger partial charge in [0.05, 0.1) is 12.6 Å². The molecule has 19 heavy (non-hydrogen) atoms. The molecule has 7 heteroatoms. The minimum atomic E-state index is 0.288. The zero-order chi connectivity index (χ0) is 13.7. The molecule has 0 spiro atoms. The van der Waals surface area contributed by atoms with Crippen LogP contribution in [-0.2, 0) is 4.74 Å². The van der Waals surface area contributed by atoms with E-state index >= 15 is 0 Å². The zero-order valence-electron chi connectivity index (χ0n) is 11.8. The fraction of sp³-hybridized carbons (Fsp3) is 0.750. The molecule has 0 amide bonds. The molecule has 1 unspecified atom stereocenters. The van der Waals surface area contributed by atoms with E-state index in [1.807, 2.05) is 19.0 Å². The second kappa shape index (κ2) is 6.51. The number of aromatic nitrogens is 3. The Bertz CT molecular complexity index is 405. The van der Waals surface area contributed by atoms with Crippen molar-refractivity contribution in [3.63, 3.8) is 0 Å². The molecule has 0 aliphatic carbocycles. The summed E-state index contributed by atoms with van der Waals surface area (Å²) in [5.41, 5.74) is 0. The maximum atomic E-state index is 5.34. The molecule has 1 aliphatic rings. The second-order valence-corrected chi connectivity index (χ2v) is 4.81. The topological polar surface area (TPSA) is 75.2 Å². The third-order valence-corrected chi connectivity index (χ3v) is 2.82. The van der Waals surface area contributed by atoms with Crippen LogP contribution >= 0.6 is 0 Å². The SMILES string of the molecule is CCCNc1nc(NC2CCOC2)nc(N(C)C)n1. The molecule has 1 aromatic heterocycles. The lowest BCUT2D eigenvalue weighted by Crippen LogP contribution is -2.23. The van der Waals surface area contributed by atoms with Gasteiger partial charge in [0.15, 0.2) is 0 Å². The Morgan fingerprint density at radius 3 is 2.68 bits per heavy atom. The Morgan fingerprint density at radius 2 is 2.05 bits per heavy atom. The Balaban J connectivity index is 2.12. The van der Waals surface area contributed by atoms with E-state index in [9.17, 15) is 0 Å². The minimum absolute atomic E-state index is 0.288. The van der Waals surface area contributed by atoms with Crippen LogP contribution in [0.1, 0.15) is 19.8 Å². The first kappa shape index (κ1) is 13.8. The number of ether oxygens (including phenoxy) is 1. The highest BCUT2D eigenvalue weighted by Gasteiger charge is 2.17. The van der Waals surface area contributed by atoms with Gasteiger partial charge in [-0.15, -0.1) is 0 Å². The summed E-state index contributed by atoms with van der Waals surface area (Å²) in [6.07, 6.45) is 2.02. The molecule has 0 saturated carbocycles. The first-order chi connectivity index (χ1) is 9.19. The Hall–Kier alpha value is -1.63. The normalized spacial score (nSPS) is 18.4. The van der Waals surface area contributed by atoms with Crippen molar-refractivity contribution in [1.29, 1.82) is 0 Å². The molecule has 1 fully saturated rings. The molecule has 1 atom stereocenters. The molecule has 7 nitrogen and oxygen atoms in total. The summed E-state index contributed by atoms with van der Waals surface area (Å²) >= 11 is 0. The number of hydrogen-bond donors (Lipinski definition) is 2. The molecule has 1 aliphatic heterocycles. The predicted octanol–water partition coefficient (Wildman–Crippen LogP) is 0.960. The molecule has 2 N–H and O–H groups in total. The van der Waals surface area contributed by atoms with E-state index in [1.54, 1.807) is 0 Å². The van der Waals surface area contributed by atoms with Crippen LogP contribution in [0.2, 0.25) is 0 Å². The van der Waals surface area contributed by atoms with E-state index in [0.717, 1.165) is 26.0 Å². The fourth-order valence-corrected chi connectivity index (χ4v) is 1.78. The molecular weight excluding hydrogens is 244 g/mol. The van der Waals surface area contributed by atoms with Gasteiger partial charge in [0.25, 0.3) is 0 Å². The Kier molecular flexibility index (Phi) is 4.73. The van der Waals surface area contributed by atoms with Crippen LogP contribution in [0.4, 0.5) is 17.8 Å². The number of anilines is 3. The van der Waals surface area contributed by atoms with Gasteiger partial charge in [-0.1, -0.05) is 6.92 Å². The van der Waals surface area contributed by atoms with Crippen molar-refractivity contribution < 1.29 is 4.74 Å². The molecule has 0 aromatic carbocycles. The van der Waals surface area contributed by atoms with E-state index in [0.29, 0.717) is 24.5 Å². The van der Waals surface area contributed by atoms with Crippen molar-refractivity contribution in [2.24, 2.45) is 0 Å². The van der Waals surface area contributed by atoms with Gasteiger partial charge in [0, 0.05) is 27.2 Å². The van der Waals surface area contributed by atoms with Crippen LogP contribution in [0.3, 0.4) is 0 Å². The smallest absolute Gasteiger partial charge is 0.231 e. The maximum Gasteiger partial charge on any atom is 0.231 e. The third kappa shape index (κ3) is 3.92. The van der Waals surface area contributed by atoms with Crippen LogP contribution < -0.4 is 15.5 Å². The lowest BCUT2D eigenvalue weighted by molar-refractivity contribution is 0.195. The van der Waals surface area contributed by atoms with Crippen molar-refractivity contribution in [3.8, 4) is 0 Å². The average Bonchev–Trinajstić information content (AvgIpc) is 2.89. The van der Waals surface area contributed by atoms with Gasteiger partial charge in [-0.25, -0.2) is 0 Å². The molecule has 1 aromatic rings. The number of nitrogens with zero attached hydrogens (tertiary/aromatic N) is 4. The van der Waals surface area contributed by atoms with Gasteiger partial charge in [0.2, 0.25) is 17.8 Å². The maximum absolute atomic E-state index is 5.34. The largest absolute Gasteiger partial charge is 0.379 e. The highest BCUT2D eigenvalue weighted by molar-refractivity contribution is 5.43. The molecular formula is C12H22N6O. The molecule has 2 heterocycles. The molecule has 1 saturated heterocycles. The Morgan fingerprint density at radius 1 is 1.26 bits per heavy atom. The van der Waals surface area contributed by atoms with E-state index in [4.69, 9.17) is 4.74 Å². The number of rotatable bonds is 6. The van der Waals surface area contributed by atoms with Crippen LogP contribution in [0.25, 0.3) is 0 Å². The van der Waals surface area contributed by atoms with E-state index < -0.39 is 0 Å². The highest BCUT2D eigenvalue weighted by Crippen LogP contribution is 2.14. The first-order valence-corrected chi connectivity index (χ1v) is 6.70. The second-order valence-electron chi connectivity index (χ2n) is 4.81. The highest BCUT2D eigenvalue weighted by atomic mass is 16.5. The van der Waals surface area contributed by atoms with Gasteiger partial charge >= 0.3 is 0 Å². The standard InChI is InChI=1S/C12H22N6O/c1-4-6-13-10-15-11(14-9-5-7-19-8-9)17-12(16-10)18(2)3/h9H,4-8H2,1-3H3,(H2,13,14,15,16,17). The molecule has 106 valence electrons. The van der Waals surface area contributed by atoms with Gasteiger partial charge in [-0.05, 0) is 12.8 Å². The lowest BCUT2D eigenvalue weighted by atomic mass is 10.3. The van der Waals surface area contributed by atoms with Gasteiger partial charge < -0.3 is 20.3 Å². The van der Waals surface area contributed by atoms with Crippen LogP contribution in [0, 0.1) is 0 Å². The number of nitrogens with one attached hydrogen (secondary N) is 2. The van der Waals surface area contributed by atoms with Crippen LogP contribution in [0.15, 0.2) is 0 Å². The summed E-state index contributed by atoms with van der Waals surface area (Å²) in [6, 6.07) is 0.288. The third-order valence-electron chi connectivity index (χ3n) is 2.82. The van der Waals surface area contributed by atoms with Crippen molar-refractivity contribution in [2.75, 3.05) is 49.4 Å². The summed E-state index contributed by atoms with van der Waals surface area (Å²) in [6.45, 7) is 4.46. The molecule has 0 bridgehead atoms. The van der Waals surface area contributed by atoms with Crippen LogP contribution in [-0.4, -0.2) is 54.8 Å². The lowest BCUT2D eigenvalue weighted by Gasteiger charge is -2.15. The molecule has 2 rings (SSSR count). The first-order valence-electron chi connectivity index (χ1n) is 6.70. The number of hydrogen-bond acceptors (Lipinski definition) is 7. The summed E-state index contributed by atoms with van der Waals surface area (Å²) in [4.78, 5) is 15.0. The van der Waals surface area contributed by atoms with E-state index in [2.05, 4.69) is 32.5 Å². The van der Waals surface area contributed by atoms with E-state index in [1.165, 1.54) is 0 Å². The summed E-state index contributed by atoms with van der Waals surface area (Å²) in [5.74, 6) is 1.87. The van der Waals surface area contributed by atoms with Crippen molar-refractivity contribution in [1.82, 2.24) is 15.0 Å². The summed E-state index contributed by atoms with van der Waals surface area (Å²) in [5, 5.41) is 6.49. The van der Waals surface area contributed by atoms with Gasteiger partial charge in [-0.3, -0.25) is 0 Å². The van der Waals surface area contributed by atoms with E-state index in [-0.39, 0.29) is 6.04 Å². The van der Waals surface area contributed by atoms with Gasteiger partial charge in [0.1, 0.15) is 0 Å². The quantitative estimate of drug-likeness (QED) is 0.794. The minimum Gasteiger partial charge on any atom is -0.379 e. The summed E-state index contributed by atoms with van der Waals surface area (Å²) in [7, 11) is 3.84. The zero-order valence-corrected chi connectivity index (χ0v) is 11.8. The predicted molar refractivity (Wildman–Crippen MR) is 75.8 cm³/mol. The average molecular weight is 266 g/mol. The molecule has 0 radical (unpaired) electrons. The van der Waals surface area contributed by atoms with Gasteiger partial charge in [-0.2, -0.15) is 15.0 Å².